The minimum Gasteiger partial charge on any atom is -0.377 e. The van der Waals surface area contributed by atoms with E-state index in [9.17, 15) is 9.59 Å². The Bertz CT molecular complexity index is 1100. The summed E-state index contributed by atoms with van der Waals surface area (Å²) in [7, 11) is 0. The topological polar surface area (TPSA) is 87.9 Å². The molecule has 1 saturated carbocycles. The highest BCUT2D eigenvalue weighted by Gasteiger charge is 2.39. The monoisotopic (exact) mass is 566 g/mol. The van der Waals surface area contributed by atoms with Gasteiger partial charge in [0.1, 0.15) is 6.04 Å². The van der Waals surface area contributed by atoms with Crippen LogP contribution in [0.5, 0.6) is 0 Å². The van der Waals surface area contributed by atoms with Gasteiger partial charge in [-0.05, 0) is 92.8 Å². The van der Waals surface area contributed by atoms with Gasteiger partial charge in [0.15, 0.2) is 0 Å². The number of ether oxygens (including phenoxy) is 1. The molecule has 2 aromatic rings. The Morgan fingerprint density at radius 2 is 1.93 bits per heavy atom. The van der Waals surface area contributed by atoms with Crippen molar-refractivity contribution >= 4 is 23.2 Å². The summed E-state index contributed by atoms with van der Waals surface area (Å²) < 4.78 is 6.06. The summed E-state index contributed by atoms with van der Waals surface area (Å²) in [4.78, 5) is 32.5. The molecule has 3 fully saturated rings. The molecule has 40 heavy (non-hydrogen) atoms. The van der Waals surface area contributed by atoms with Crippen molar-refractivity contribution in [3.05, 3.63) is 57.8 Å². The lowest BCUT2D eigenvalue weighted by Crippen LogP contribution is -2.58. The third-order valence-electron chi connectivity index (χ3n) is 9.27. The molecule has 2 amide bonds. The number of rotatable bonds is 10. The van der Waals surface area contributed by atoms with Crippen LogP contribution >= 0.6 is 11.3 Å². The molecule has 3 heterocycles. The first-order valence-corrected chi connectivity index (χ1v) is 16.1. The molecule has 3 aliphatic rings. The maximum absolute atomic E-state index is 13.8. The van der Waals surface area contributed by atoms with Gasteiger partial charge in [-0.3, -0.25) is 14.5 Å². The first-order chi connectivity index (χ1) is 19.5. The largest absolute Gasteiger partial charge is 0.377 e. The van der Waals surface area contributed by atoms with Crippen LogP contribution in [0.4, 0.5) is 0 Å². The number of nitrogens with zero attached hydrogens (tertiary/aromatic N) is 2. The van der Waals surface area contributed by atoms with Crippen LogP contribution in [0, 0.1) is 18.8 Å². The smallest absolute Gasteiger partial charge is 0.264 e. The van der Waals surface area contributed by atoms with Crippen LogP contribution < -0.4 is 11.1 Å². The highest BCUT2D eigenvalue weighted by molar-refractivity contribution is 7.12. The van der Waals surface area contributed by atoms with Crippen LogP contribution in [0.15, 0.2) is 41.8 Å². The lowest BCUT2D eigenvalue weighted by molar-refractivity contribution is -0.128. The summed E-state index contributed by atoms with van der Waals surface area (Å²) in [5.41, 5.74) is 8.55. The summed E-state index contributed by atoms with van der Waals surface area (Å²) in [5, 5.41) is 5.20. The van der Waals surface area contributed by atoms with Crippen molar-refractivity contribution in [1.82, 2.24) is 15.1 Å². The zero-order valence-corrected chi connectivity index (χ0v) is 24.7. The molecule has 7 nitrogen and oxygen atoms in total. The number of amides is 2. The molecule has 4 unspecified atom stereocenters. The first-order valence-electron chi connectivity index (χ1n) is 15.2. The second-order valence-electron chi connectivity index (χ2n) is 12.0. The van der Waals surface area contributed by atoms with E-state index in [-0.39, 0.29) is 24.0 Å². The fraction of sp³-hybridized carbons (Fsp3) is 0.625. The molecule has 0 spiro atoms. The molecule has 1 aliphatic carbocycles. The van der Waals surface area contributed by atoms with E-state index in [0.717, 1.165) is 58.3 Å². The molecule has 0 radical (unpaired) electrons. The molecule has 2 saturated heterocycles. The first kappa shape index (κ1) is 29.2. The van der Waals surface area contributed by atoms with Gasteiger partial charge in [-0.1, -0.05) is 36.8 Å². The number of carbonyl (C=O) groups is 2. The predicted molar refractivity (Wildman–Crippen MR) is 160 cm³/mol. The Balaban J connectivity index is 1.33. The average Bonchev–Trinajstić information content (AvgIpc) is 3.71. The van der Waals surface area contributed by atoms with E-state index in [1.807, 2.05) is 22.4 Å². The fourth-order valence-corrected chi connectivity index (χ4v) is 7.55. The number of hydrogen-bond acceptors (Lipinski definition) is 6. The van der Waals surface area contributed by atoms with E-state index in [0.29, 0.717) is 36.2 Å². The minimum atomic E-state index is -0.480. The summed E-state index contributed by atoms with van der Waals surface area (Å²) in [6.45, 7) is 6.64. The Kier molecular flexibility index (Phi) is 10.3. The average molecular weight is 567 g/mol. The second-order valence-corrected chi connectivity index (χ2v) is 13.0. The van der Waals surface area contributed by atoms with Crippen LogP contribution in [-0.2, 0) is 16.1 Å². The maximum atomic E-state index is 13.8. The molecule has 218 valence electrons. The summed E-state index contributed by atoms with van der Waals surface area (Å²) in [6, 6.07) is 12.0. The summed E-state index contributed by atoms with van der Waals surface area (Å²) >= 11 is 1.45. The van der Waals surface area contributed by atoms with Gasteiger partial charge < -0.3 is 20.7 Å². The normalized spacial score (nSPS) is 27.2. The van der Waals surface area contributed by atoms with Crippen molar-refractivity contribution in [2.75, 3.05) is 32.8 Å². The summed E-state index contributed by atoms with van der Waals surface area (Å²) in [6.07, 6.45) is 8.47. The van der Waals surface area contributed by atoms with Crippen molar-refractivity contribution in [3.63, 3.8) is 0 Å². The van der Waals surface area contributed by atoms with Gasteiger partial charge >= 0.3 is 0 Å². The van der Waals surface area contributed by atoms with Crippen molar-refractivity contribution in [1.29, 1.82) is 0 Å². The van der Waals surface area contributed by atoms with Gasteiger partial charge in [0, 0.05) is 38.8 Å². The number of carbonyl (C=O) groups excluding carboxylic acids is 2. The van der Waals surface area contributed by atoms with Crippen LogP contribution in [-0.4, -0.2) is 72.6 Å². The third-order valence-corrected chi connectivity index (χ3v) is 10.1. The van der Waals surface area contributed by atoms with Crippen LogP contribution in [0.1, 0.15) is 72.2 Å². The van der Waals surface area contributed by atoms with Gasteiger partial charge in [0.05, 0.1) is 11.0 Å². The zero-order chi connectivity index (χ0) is 27.9. The highest BCUT2D eigenvalue weighted by atomic mass is 32.1. The number of hydrogen-bond donors (Lipinski definition) is 2. The van der Waals surface area contributed by atoms with Gasteiger partial charge in [0.2, 0.25) is 5.91 Å². The van der Waals surface area contributed by atoms with E-state index in [4.69, 9.17) is 10.5 Å². The van der Waals surface area contributed by atoms with Gasteiger partial charge in [-0.2, -0.15) is 0 Å². The molecule has 5 rings (SSSR count). The molecule has 2 aliphatic heterocycles. The Morgan fingerprint density at radius 1 is 1.07 bits per heavy atom. The number of piperidine rings is 1. The third kappa shape index (κ3) is 7.32. The standard InChI is InChI=1S/C32H46N4O3S/c1-23-7-2-3-10-26(23)21-35(22-28-11-5-15-39-28)27-13-14-36(32(38)30-12-6-16-40-30)29(18-27)31(37)34-20-25-9-4-8-24(17-25)19-33/h2-3,6-7,10,12,16,24-25,27-29H,4-5,8-9,11,13-15,17-22,33H2,1H3,(H,34,37)/t24?,25?,27?,28?,29-/m1/s1. The van der Waals surface area contributed by atoms with E-state index in [2.05, 4.69) is 41.4 Å². The minimum absolute atomic E-state index is 0.0163. The molecule has 1 aromatic heterocycles. The molecule has 3 N–H and O–H groups in total. The van der Waals surface area contributed by atoms with Crippen molar-refractivity contribution < 1.29 is 14.3 Å². The predicted octanol–water partition coefficient (Wildman–Crippen LogP) is 4.59. The number of likely N-dealkylation sites (tertiary alicyclic amines) is 1. The second kappa shape index (κ2) is 14.1. The lowest BCUT2D eigenvalue weighted by atomic mass is 9.81. The lowest BCUT2D eigenvalue weighted by Gasteiger charge is -2.43. The number of benzene rings is 1. The van der Waals surface area contributed by atoms with E-state index < -0.39 is 6.04 Å². The van der Waals surface area contributed by atoms with E-state index in [1.165, 1.54) is 35.3 Å². The Labute approximate surface area is 243 Å². The van der Waals surface area contributed by atoms with Gasteiger partial charge in [0.25, 0.3) is 5.91 Å². The Hall–Kier alpha value is -2.26. The molecule has 8 heteroatoms. The van der Waals surface area contributed by atoms with Crippen molar-refractivity contribution in [2.24, 2.45) is 17.6 Å². The fourth-order valence-electron chi connectivity index (χ4n) is 6.88. The number of aryl methyl sites for hydroxylation is 1. The zero-order valence-electron chi connectivity index (χ0n) is 23.9. The molecular weight excluding hydrogens is 520 g/mol. The number of thiophene rings is 1. The van der Waals surface area contributed by atoms with Crippen molar-refractivity contribution in [3.8, 4) is 0 Å². The molecular formula is C32H46N4O3S. The van der Waals surface area contributed by atoms with Gasteiger partial charge in [-0.25, -0.2) is 0 Å². The van der Waals surface area contributed by atoms with Crippen molar-refractivity contribution in [2.45, 2.75) is 83.0 Å². The molecule has 5 atom stereocenters. The Morgan fingerprint density at radius 3 is 2.67 bits per heavy atom. The number of nitrogens with two attached hydrogens (primary N) is 1. The van der Waals surface area contributed by atoms with E-state index in [1.54, 1.807) is 0 Å². The van der Waals surface area contributed by atoms with Crippen LogP contribution in [0.2, 0.25) is 0 Å². The summed E-state index contributed by atoms with van der Waals surface area (Å²) in [5.74, 6) is 0.972. The molecule has 0 bridgehead atoms. The van der Waals surface area contributed by atoms with Gasteiger partial charge in [-0.15, -0.1) is 11.3 Å². The molecule has 1 aromatic carbocycles. The number of nitrogens with one attached hydrogen (secondary N) is 1. The van der Waals surface area contributed by atoms with E-state index >= 15 is 0 Å². The quantitative estimate of drug-likeness (QED) is 0.439. The van der Waals surface area contributed by atoms with Crippen LogP contribution in [0.25, 0.3) is 0 Å². The maximum Gasteiger partial charge on any atom is 0.264 e. The SMILES string of the molecule is Cc1ccccc1CN(CC1CCCO1)C1CCN(C(=O)c2cccs2)[C@@H](C(=O)NCC2CCCC(CN)C2)C1. The highest BCUT2D eigenvalue weighted by Crippen LogP contribution is 2.30. The van der Waals surface area contributed by atoms with Crippen LogP contribution in [0.3, 0.4) is 0 Å².